The van der Waals surface area contributed by atoms with Gasteiger partial charge in [0.2, 0.25) is 5.91 Å². The zero-order chi connectivity index (χ0) is 13.1. The molecule has 0 aromatic heterocycles. The molecular formula is C14H19FN2O. The molecule has 2 atom stereocenters. The number of hydrogen-bond donors (Lipinski definition) is 2. The summed E-state index contributed by atoms with van der Waals surface area (Å²) in [6, 6.07) is 6.13. The average Bonchev–Trinajstić information content (AvgIpc) is 2.32. The second-order valence-corrected chi connectivity index (χ2v) is 5.17. The third kappa shape index (κ3) is 2.88. The van der Waals surface area contributed by atoms with Crippen molar-refractivity contribution in [3.63, 3.8) is 0 Å². The summed E-state index contributed by atoms with van der Waals surface area (Å²) in [5, 5.41) is 6.08. The highest BCUT2D eigenvalue weighted by Crippen LogP contribution is 2.20. The zero-order valence-corrected chi connectivity index (χ0v) is 10.7. The van der Waals surface area contributed by atoms with Crippen LogP contribution in [0, 0.1) is 11.7 Å². The minimum Gasteiger partial charge on any atom is -0.347 e. The Morgan fingerprint density at radius 3 is 2.72 bits per heavy atom. The van der Waals surface area contributed by atoms with Crippen LogP contribution in [-0.2, 0) is 4.79 Å². The van der Waals surface area contributed by atoms with E-state index in [1.54, 1.807) is 18.2 Å². The summed E-state index contributed by atoms with van der Waals surface area (Å²) >= 11 is 0. The summed E-state index contributed by atoms with van der Waals surface area (Å²) in [7, 11) is 0. The lowest BCUT2D eigenvalue weighted by Gasteiger charge is -2.31. The fraction of sp³-hybridized carbons (Fsp3) is 0.500. The molecule has 1 fully saturated rings. The van der Waals surface area contributed by atoms with Gasteiger partial charge in [-0.3, -0.25) is 4.79 Å². The van der Waals surface area contributed by atoms with Crippen LogP contribution in [0.5, 0.6) is 0 Å². The maximum absolute atomic E-state index is 13.6. The Bertz CT molecular complexity index is 434. The first-order valence-electron chi connectivity index (χ1n) is 6.36. The molecule has 18 heavy (non-hydrogen) atoms. The number of rotatable bonds is 3. The monoisotopic (exact) mass is 250 g/mol. The molecule has 0 aliphatic carbocycles. The molecule has 0 spiro atoms. The van der Waals surface area contributed by atoms with Gasteiger partial charge in [-0.15, -0.1) is 0 Å². The van der Waals surface area contributed by atoms with Gasteiger partial charge in [0.1, 0.15) is 5.82 Å². The minimum atomic E-state index is -0.276. The first kappa shape index (κ1) is 13.0. The smallest absolute Gasteiger partial charge is 0.237 e. The SMILES string of the molecule is CC(C)C[C@@H]1NC[C@H](c2ccccc2F)NC1=O. The normalized spacial score (nSPS) is 24.1. The molecule has 0 radical (unpaired) electrons. The molecule has 2 rings (SSSR count). The molecule has 1 aromatic rings. The van der Waals surface area contributed by atoms with Gasteiger partial charge in [0, 0.05) is 12.1 Å². The molecular weight excluding hydrogens is 231 g/mol. The number of nitrogens with one attached hydrogen (secondary N) is 2. The summed E-state index contributed by atoms with van der Waals surface area (Å²) in [5.41, 5.74) is 0.543. The van der Waals surface area contributed by atoms with Crippen molar-refractivity contribution in [3.8, 4) is 0 Å². The number of hydrogen-bond acceptors (Lipinski definition) is 2. The third-order valence-corrected chi connectivity index (χ3v) is 3.19. The van der Waals surface area contributed by atoms with Gasteiger partial charge in [-0.25, -0.2) is 4.39 Å². The molecule has 0 bridgehead atoms. The second-order valence-electron chi connectivity index (χ2n) is 5.17. The van der Waals surface area contributed by atoms with Crippen molar-refractivity contribution in [2.45, 2.75) is 32.4 Å². The van der Waals surface area contributed by atoms with Crippen LogP contribution in [0.25, 0.3) is 0 Å². The summed E-state index contributed by atoms with van der Waals surface area (Å²) < 4.78 is 13.6. The van der Waals surface area contributed by atoms with Crippen molar-refractivity contribution in [1.29, 1.82) is 0 Å². The summed E-state index contributed by atoms with van der Waals surface area (Å²) in [5.74, 6) is 0.147. The molecule has 98 valence electrons. The first-order valence-corrected chi connectivity index (χ1v) is 6.36. The van der Waals surface area contributed by atoms with Crippen molar-refractivity contribution in [2.24, 2.45) is 5.92 Å². The van der Waals surface area contributed by atoms with Crippen molar-refractivity contribution >= 4 is 5.91 Å². The highest BCUT2D eigenvalue weighted by molar-refractivity contribution is 5.83. The van der Waals surface area contributed by atoms with Gasteiger partial charge in [0.05, 0.1) is 12.1 Å². The number of carbonyl (C=O) groups is 1. The van der Waals surface area contributed by atoms with Crippen LogP contribution in [0.2, 0.25) is 0 Å². The molecule has 1 saturated heterocycles. The Kier molecular flexibility index (Phi) is 3.97. The Labute approximate surface area is 107 Å². The van der Waals surface area contributed by atoms with E-state index in [9.17, 15) is 9.18 Å². The van der Waals surface area contributed by atoms with E-state index in [4.69, 9.17) is 0 Å². The lowest BCUT2D eigenvalue weighted by atomic mass is 9.98. The van der Waals surface area contributed by atoms with Gasteiger partial charge >= 0.3 is 0 Å². The number of carbonyl (C=O) groups excluding carboxylic acids is 1. The maximum Gasteiger partial charge on any atom is 0.237 e. The molecule has 2 N–H and O–H groups in total. The highest BCUT2D eigenvalue weighted by atomic mass is 19.1. The van der Waals surface area contributed by atoms with Crippen LogP contribution in [-0.4, -0.2) is 18.5 Å². The number of benzene rings is 1. The van der Waals surface area contributed by atoms with E-state index < -0.39 is 0 Å². The van der Waals surface area contributed by atoms with Crippen molar-refractivity contribution in [1.82, 2.24) is 10.6 Å². The third-order valence-electron chi connectivity index (χ3n) is 3.19. The van der Waals surface area contributed by atoms with Crippen LogP contribution in [0.3, 0.4) is 0 Å². The fourth-order valence-electron chi connectivity index (χ4n) is 2.28. The van der Waals surface area contributed by atoms with Gasteiger partial charge in [-0.2, -0.15) is 0 Å². The van der Waals surface area contributed by atoms with Gasteiger partial charge in [-0.1, -0.05) is 32.0 Å². The maximum atomic E-state index is 13.6. The molecule has 1 aliphatic heterocycles. The second kappa shape index (κ2) is 5.48. The van der Waals surface area contributed by atoms with E-state index in [0.29, 0.717) is 18.0 Å². The van der Waals surface area contributed by atoms with E-state index in [1.165, 1.54) is 6.07 Å². The Morgan fingerprint density at radius 1 is 1.39 bits per heavy atom. The first-order chi connectivity index (χ1) is 8.58. The number of halogens is 1. The molecule has 3 nitrogen and oxygen atoms in total. The molecule has 1 heterocycles. The summed E-state index contributed by atoms with van der Waals surface area (Å²) in [4.78, 5) is 11.9. The van der Waals surface area contributed by atoms with E-state index >= 15 is 0 Å². The summed E-state index contributed by atoms with van der Waals surface area (Å²) in [6.07, 6.45) is 0.801. The largest absolute Gasteiger partial charge is 0.347 e. The van der Waals surface area contributed by atoms with E-state index in [1.807, 2.05) is 0 Å². The standard InChI is InChI=1S/C14H19FN2O/c1-9(2)7-12-14(18)17-13(8-16-12)10-5-3-4-6-11(10)15/h3-6,9,12-13,16H,7-8H2,1-2H3,(H,17,18)/t12-,13+/m0/s1. The zero-order valence-electron chi connectivity index (χ0n) is 10.7. The van der Waals surface area contributed by atoms with Crippen LogP contribution in [0.1, 0.15) is 31.9 Å². The Hall–Kier alpha value is -1.42. The van der Waals surface area contributed by atoms with Gasteiger partial charge in [0.25, 0.3) is 0 Å². The van der Waals surface area contributed by atoms with E-state index in [2.05, 4.69) is 24.5 Å². The quantitative estimate of drug-likeness (QED) is 0.861. The molecule has 1 aromatic carbocycles. The topological polar surface area (TPSA) is 41.1 Å². The van der Waals surface area contributed by atoms with Crippen LogP contribution in [0.15, 0.2) is 24.3 Å². The lowest BCUT2D eigenvalue weighted by molar-refractivity contribution is -0.125. The van der Waals surface area contributed by atoms with E-state index in [-0.39, 0.29) is 23.8 Å². The van der Waals surface area contributed by atoms with Crippen molar-refractivity contribution in [3.05, 3.63) is 35.6 Å². The van der Waals surface area contributed by atoms with Gasteiger partial charge in [-0.05, 0) is 18.4 Å². The molecule has 4 heteroatoms. The van der Waals surface area contributed by atoms with Crippen LogP contribution in [0.4, 0.5) is 4.39 Å². The van der Waals surface area contributed by atoms with E-state index in [0.717, 1.165) is 6.42 Å². The molecule has 1 amide bonds. The minimum absolute atomic E-state index is 0.0387. The molecule has 1 aliphatic rings. The van der Waals surface area contributed by atoms with Gasteiger partial charge < -0.3 is 10.6 Å². The average molecular weight is 250 g/mol. The predicted octanol–water partition coefficient (Wildman–Crippen LogP) is 2.00. The van der Waals surface area contributed by atoms with Crippen molar-refractivity contribution in [2.75, 3.05) is 6.54 Å². The van der Waals surface area contributed by atoms with Crippen molar-refractivity contribution < 1.29 is 9.18 Å². The molecule has 0 unspecified atom stereocenters. The van der Waals surface area contributed by atoms with Crippen LogP contribution < -0.4 is 10.6 Å². The fourth-order valence-corrected chi connectivity index (χ4v) is 2.28. The highest BCUT2D eigenvalue weighted by Gasteiger charge is 2.29. The Morgan fingerprint density at radius 2 is 2.11 bits per heavy atom. The number of amides is 1. The number of piperazine rings is 1. The summed E-state index contributed by atoms with van der Waals surface area (Å²) in [6.45, 7) is 4.74. The molecule has 0 saturated carbocycles. The Balaban J connectivity index is 2.04. The lowest BCUT2D eigenvalue weighted by Crippen LogP contribution is -2.54. The van der Waals surface area contributed by atoms with Crippen LogP contribution >= 0.6 is 0 Å². The predicted molar refractivity (Wildman–Crippen MR) is 68.5 cm³/mol. The van der Waals surface area contributed by atoms with Gasteiger partial charge in [0.15, 0.2) is 0 Å².